The second kappa shape index (κ2) is 8.01. The summed E-state index contributed by atoms with van der Waals surface area (Å²) in [6.45, 7) is 2.30. The van der Waals surface area contributed by atoms with E-state index in [2.05, 4.69) is 12.1 Å². The molecule has 0 N–H and O–H groups in total. The highest BCUT2D eigenvalue weighted by molar-refractivity contribution is 5.94. The Morgan fingerprint density at radius 3 is 2.33 bits per heavy atom. The minimum Gasteiger partial charge on any atom is -0.485 e. The fourth-order valence-corrected chi connectivity index (χ4v) is 4.52. The number of carbonyl (C=O) groups is 2. The molecule has 30 heavy (non-hydrogen) atoms. The normalized spacial score (nSPS) is 20.5. The zero-order valence-corrected chi connectivity index (χ0v) is 17.0. The zero-order valence-electron chi connectivity index (χ0n) is 17.0. The van der Waals surface area contributed by atoms with Gasteiger partial charge in [-0.15, -0.1) is 0 Å². The van der Waals surface area contributed by atoms with Gasteiger partial charge >= 0.3 is 0 Å². The molecule has 2 amide bonds. The molecule has 1 aliphatic carbocycles. The first-order valence-corrected chi connectivity index (χ1v) is 10.8. The molecular weight excluding hydrogens is 380 g/mol. The molecule has 0 unspecified atom stereocenters. The fraction of sp³-hybridized carbons (Fsp3) is 0.417. The molecule has 2 aromatic rings. The number of nitrogens with zero attached hydrogens (tertiary/aromatic N) is 2. The van der Waals surface area contributed by atoms with Gasteiger partial charge in [-0.2, -0.15) is 0 Å². The van der Waals surface area contributed by atoms with Gasteiger partial charge in [0.15, 0.2) is 11.5 Å². The van der Waals surface area contributed by atoms with Gasteiger partial charge in [0.2, 0.25) is 6.10 Å². The van der Waals surface area contributed by atoms with Gasteiger partial charge in [-0.3, -0.25) is 9.59 Å². The summed E-state index contributed by atoms with van der Waals surface area (Å²) in [6, 6.07) is 13.5. The minimum atomic E-state index is -0.636. The van der Waals surface area contributed by atoms with Crippen molar-refractivity contribution in [2.24, 2.45) is 0 Å². The zero-order chi connectivity index (χ0) is 20.5. The van der Waals surface area contributed by atoms with Crippen LogP contribution >= 0.6 is 0 Å². The maximum atomic E-state index is 13.0. The van der Waals surface area contributed by atoms with Gasteiger partial charge < -0.3 is 19.3 Å². The van der Waals surface area contributed by atoms with Crippen molar-refractivity contribution in [1.82, 2.24) is 9.80 Å². The number of para-hydroxylation sites is 2. The van der Waals surface area contributed by atoms with Crippen molar-refractivity contribution in [3.05, 3.63) is 59.2 Å². The number of benzene rings is 2. The van der Waals surface area contributed by atoms with Gasteiger partial charge in [-0.25, -0.2) is 0 Å². The van der Waals surface area contributed by atoms with E-state index in [-0.39, 0.29) is 18.4 Å². The van der Waals surface area contributed by atoms with Crippen molar-refractivity contribution in [2.45, 2.75) is 31.8 Å². The van der Waals surface area contributed by atoms with Crippen LogP contribution in [0.4, 0.5) is 0 Å². The number of aryl methyl sites for hydroxylation is 2. The molecule has 3 aliphatic rings. The second-order valence-corrected chi connectivity index (χ2v) is 8.17. The molecule has 6 nitrogen and oxygen atoms in total. The van der Waals surface area contributed by atoms with E-state index in [0.29, 0.717) is 37.7 Å². The third-order valence-electron chi connectivity index (χ3n) is 6.26. The average molecular weight is 406 g/mol. The highest BCUT2D eigenvalue weighted by Crippen LogP contribution is 2.31. The Hall–Kier alpha value is -3.02. The lowest BCUT2D eigenvalue weighted by molar-refractivity contribution is -0.142. The lowest BCUT2D eigenvalue weighted by Gasteiger charge is -2.37. The van der Waals surface area contributed by atoms with Crippen LogP contribution in [-0.2, 0) is 17.6 Å². The Labute approximate surface area is 176 Å². The number of piperazine rings is 1. The van der Waals surface area contributed by atoms with Crippen LogP contribution in [0, 0.1) is 0 Å². The van der Waals surface area contributed by atoms with E-state index in [1.54, 1.807) is 4.90 Å². The van der Waals surface area contributed by atoms with Crippen LogP contribution in [0.25, 0.3) is 0 Å². The molecule has 1 atom stereocenters. The first-order valence-electron chi connectivity index (χ1n) is 10.8. The van der Waals surface area contributed by atoms with Crippen molar-refractivity contribution in [2.75, 3.05) is 32.8 Å². The predicted molar refractivity (Wildman–Crippen MR) is 112 cm³/mol. The number of amides is 2. The summed E-state index contributed by atoms with van der Waals surface area (Å²) >= 11 is 0. The molecule has 156 valence electrons. The van der Waals surface area contributed by atoms with Crippen LogP contribution in [0.2, 0.25) is 0 Å². The molecule has 0 bridgehead atoms. The summed E-state index contributed by atoms with van der Waals surface area (Å²) in [4.78, 5) is 29.5. The van der Waals surface area contributed by atoms with E-state index >= 15 is 0 Å². The molecule has 0 saturated carbocycles. The Bertz CT molecular complexity index is 965. The standard InChI is InChI=1S/C24H26N2O4/c27-23(19-10-9-17-5-1-2-6-18(17)15-19)25-11-13-26(14-12-25)24(28)22-16-29-20-7-3-4-8-21(20)30-22/h3-4,7-10,15,22H,1-2,5-6,11-14,16H2/t22-/m1/s1. The smallest absolute Gasteiger partial charge is 0.267 e. The van der Waals surface area contributed by atoms with Crippen molar-refractivity contribution in [3.63, 3.8) is 0 Å². The first-order chi connectivity index (χ1) is 14.7. The summed E-state index contributed by atoms with van der Waals surface area (Å²) in [5.74, 6) is 1.25. The van der Waals surface area contributed by atoms with Crippen LogP contribution in [-0.4, -0.2) is 60.5 Å². The molecule has 0 aromatic heterocycles. The molecule has 5 rings (SSSR count). The monoisotopic (exact) mass is 406 g/mol. The predicted octanol–water partition coefficient (Wildman–Crippen LogP) is 2.69. The quantitative estimate of drug-likeness (QED) is 0.770. The number of fused-ring (bicyclic) bond motifs is 2. The van der Waals surface area contributed by atoms with Crippen LogP contribution in [0.1, 0.15) is 34.3 Å². The summed E-state index contributed by atoms with van der Waals surface area (Å²) in [7, 11) is 0. The summed E-state index contributed by atoms with van der Waals surface area (Å²) in [5, 5.41) is 0. The molecule has 1 saturated heterocycles. The Balaban J connectivity index is 1.19. The molecule has 2 heterocycles. The molecule has 1 fully saturated rings. The highest BCUT2D eigenvalue weighted by atomic mass is 16.6. The Kier molecular flexibility index (Phi) is 5.07. The molecule has 2 aliphatic heterocycles. The number of rotatable bonds is 2. The average Bonchev–Trinajstić information content (AvgIpc) is 2.82. The van der Waals surface area contributed by atoms with Crippen LogP contribution < -0.4 is 9.47 Å². The fourth-order valence-electron chi connectivity index (χ4n) is 4.52. The highest BCUT2D eigenvalue weighted by Gasteiger charge is 2.33. The Morgan fingerprint density at radius 2 is 1.53 bits per heavy atom. The van der Waals surface area contributed by atoms with Crippen molar-refractivity contribution >= 4 is 11.8 Å². The first kappa shape index (κ1) is 19.0. The lowest BCUT2D eigenvalue weighted by atomic mass is 9.90. The Morgan fingerprint density at radius 1 is 0.833 bits per heavy atom. The van der Waals surface area contributed by atoms with Crippen LogP contribution in [0.3, 0.4) is 0 Å². The maximum Gasteiger partial charge on any atom is 0.267 e. The van der Waals surface area contributed by atoms with Gasteiger partial charge in [0, 0.05) is 31.7 Å². The number of hydrogen-bond acceptors (Lipinski definition) is 4. The number of ether oxygens (including phenoxy) is 2. The third-order valence-corrected chi connectivity index (χ3v) is 6.26. The van der Waals surface area contributed by atoms with E-state index in [4.69, 9.17) is 9.47 Å². The summed E-state index contributed by atoms with van der Waals surface area (Å²) in [6.07, 6.45) is 3.97. The molecular formula is C24H26N2O4. The van der Waals surface area contributed by atoms with E-state index in [0.717, 1.165) is 18.4 Å². The van der Waals surface area contributed by atoms with Crippen molar-refractivity contribution in [1.29, 1.82) is 0 Å². The molecule has 6 heteroatoms. The van der Waals surface area contributed by atoms with E-state index in [1.165, 1.54) is 24.0 Å². The molecule has 0 radical (unpaired) electrons. The van der Waals surface area contributed by atoms with Gasteiger partial charge in [0.25, 0.3) is 11.8 Å². The van der Waals surface area contributed by atoms with Gasteiger partial charge in [-0.05, 0) is 61.1 Å². The summed E-state index contributed by atoms with van der Waals surface area (Å²) < 4.78 is 11.5. The van der Waals surface area contributed by atoms with Crippen molar-refractivity contribution < 1.29 is 19.1 Å². The van der Waals surface area contributed by atoms with Gasteiger partial charge in [0.1, 0.15) is 6.61 Å². The van der Waals surface area contributed by atoms with Crippen LogP contribution in [0.5, 0.6) is 11.5 Å². The topological polar surface area (TPSA) is 59.1 Å². The second-order valence-electron chi connectivity index (χ2n) is 8.17. The van der Waals surface area contributed by atoms with Crippen LogP contribution in [0.15, 0.2) is 42.5 Å². The third kappa shape index (κ3) is 3.62. The van der Waals surface area contributed by atoms with E-state index < -0.39 is 6.10 Å². The van der Waals surface area contributed by atoms with Crippen molar-refractivity contribution in [3.8, 4) is 11.5 Å². The van der Waals surface area contributed by atoms with E-state index in [1.807, 2.05) is 35.2 Å². The number of carbonyl (C=O) groups excluding carboxylic acids is 2. The lowest BCUT2D eigenvalue weighted by Crippen LogP contribution is -2.55. The largest absolute Gasteiger partial charge is 0.485 e. The summed E-state index contributed by atoms with van der Waals surface area (Å²) in [5.41, 5.74) is 3.45. The molecule has 0 spiro atoms. The van der Waals surface area contributed by atoms with Gasteiger partial charge in [-0.1, -0.05) is 18.2 Å². The number of hydrogen-bond donors (Lipinski definition) is 0. The SMILES string of the molecule is O=C(c1ccc2c(c1)CCCC2)N1CCN(C(=O)[C@H]2COc3ccccc3O2)CC1. The minimum absolute atomic E-state index is 0.0571. The maximum absolute atomic E-state index is 13.0. The molecule has 2 aromatic carbocycles. The van der Waals surface area contributed by atoms with Gasteiger partial charge in [0.05, 0.1) is 0 Å². The van der Waals surface area contributed by atoms with E-state index in [9.17, 15) is 9.59 Å².